The van der Waals surface area contributed by atoms with E-state index < -0.39 is 0 Å². The van der Waals surface area contributed by atoms with Crippen LogP contribution < -0.4 is 5.43 Å². The molecule has 2 heterocycles. The third kappa shape index (κ3) is 5.15. The Morgan fingerprint density at radius 3 is 2.68 bits per heavy atom. The molecule has 0 bridgehead atoms. The van der Waals surface area contributed by atoms with Crippen molar-refractivity contribution < 1.29 is 0 Å². The van der Waals surface area contributed by atoms with E-state index in [1.807, 2.05) is 36.4 Å². The molecule has 19 heavy (non-hydrogen) atoms. The SMILES string of the molecule is S=C(N/N=C/c1ccccn1)SCc1ccccn1. The molecule has 0 atom stereocenters. The van der Waals surface area contributed by atoms with Crippen LogP contribution in [0.25, 0.3) is 0 Å². The summed E-state index contributed by atoms with van der Waals surface area (Å²) in [6, 6.07) is 11.4. The van der Waals surface area contributed by atoms with Gasteiger partial charge >= 0.3 is 0 Å². The minimum absolute atomic E-state index is 0.609. The summed E-state index contributed by atoms with van der Waals surface area (Å²) in [5.74, 6) is 0.728. The first kappa shape index (κ1) is 13.6. The quantitative estimate of drug-likeness (QED) is 0.532. The number of nitrogens with zero attached hydrogens (tertiary/aromatic N) is 3. The van der Waals surface area contributed by atoms with E-state index >= 15 is 0 Å². The van der Waals surface area contributed by atoms with Gasteiger partial charge in [-0.05, 0) is 24.3 Å². The fourth-order valence-electron chi connectivity index (χ4n) is 1.26. The highest BCUT2D eigenvalue weighted by Gasteiger charge is 1.98. The van der Waals surface area contributed by atoms with Crippen LogP contribution in [-0.4, -0.2) is 20.5 Å². The number of thiocarbonyl (C=S) groups is 1. The van der Waals surface area contributed by atoms with Crippen molar-refractivity contribution >= 4 is 34.5 Å². The zero-order valence-electron chi connectivity index (χ0n) is 10.1. The van der Waals surface area contributed by atoms with Crippen LogP contribution in [0.15, 0.2) is 53.9 Å². The Hall–Kier alpha value is -1.79. The average Bonchev–Trinajstić information content (AvgIpc) is 2.47. The number of aromatic nitrogens is 2. The minimum atomic E-state index is 0.609. The van der Waals surface area contributed by atoms with E-state index in [2.05, 4.69) is 20.5 Å². The predicted molar refractivity (Wildman–Crippen MR) is 83.1 cm³/mol. The van der Waals surface area contributed by atoms with Crippen LogP contribution in [0.4, 0.5) is 0 Å². The number of nitrogens with one attached hydrogen (secondary N) is 1. The van der Waals surface area contributed by atoms with Crippen LogP contribution in [0.1, 0.15) is 11.4 Å². The number of hydrazone groups is 1. The first-order valence-electron chi connectivity index (χ1n) is 5.61. The van der Waals surface area contributed by atoms with E-state index in [-0.39, 0.29) is 0 Å². The highest BCUT2D eigenvalue weighted by molar-refractivity contribution is 8.22. The lowest BCUT2D eigenvalue weighted by molar-refractivity contribution is 1.07. The van der Waals surface area contributed by atoms with Crippen LogP contribution in [-0.2, 0) is 5.75 Å². The summed E-state index contributed by atoms with van der Waals surface area (Å²) >= 11 is 6.65. The fourth-order valence-corrected chi connectivity index (χ4v) is 2.06. The molecule has 2 aromatic heterocycles. The summed E-state index contributed by atoms with van der Waals surface area (Å²) < 4.78 is 0.609. The Bertz CT molecular complexity index is 543. The summed E-state index contributed by atoms with van der Waals surface area (Å²) in [7, 11) is 0. The molecule has 0 aliphatic heterocycles. The van der Waals surface area contributed by atoms with Crippen molar-refractivity contribution in [1.82, 2.24) is 15.4 Å². The van der Waals surface area contributed by atoms with Crippen molar-refractivity contribution in [2.45, 2.75) is 5.75 Å². The Morgan fingerprint density at radius 1 is 1.21 bits per heavy atom. The van der Waals surface area contributed by atoms with Gasteiger partial charge in [-0.1, -0.05) is 36.1 Å². The molecule has 2 rings (SSSR count). The van der Waals surface area contributed by atoms with E-state index in [1.165, 1.54) is 11.8 Å². The van der Waals surface area contributed by atoms with Crippen LogP contribution in [0.5, 0.6) is 0 Å². The largest absolute Gasteiger partial charge is 0.262 e. The lowest BCUT2D eigenvalue weighted by Crippen LogP contribution is -2.11. The third-order valence-corrected chi connectivity index (χ3v) is 3.36. The van der Waals surface area contributed by atoms with Gasteiger partial charge in [0.1, 0.15) is 0 Å². The Morgan fingerprint density at radius 2 is 2.00 bits per heavy atom. The molecule has 0 unspecified atom stereocenters. The highest BCUT2D eigenvalue weighted by Crippen LogP contribution is 2.10. The van der Waals surface area contributed by atoms with E-state index in [4.69, 9.17) is 12.2 Å². The minimum Gasteiger partial charge on any atom is -0.262 e. The van der Waals surface area contributed by atoms with Crippen molar-refractivity contribution in [3.63, 3.8) is 0 Å². The Kier molecular flexibility index (Phi) is 5.46. The van der Waals surface area contributed by atoms with Crippen molar-refractivity contribution in [3.8, 4) is 0 Å². The molecule has 0 saturated heterocycles. The first-order valence-corrected chi connectivity index (χ1v) is 7.01. The first-order chi connectivity index (χ1) is 9.34. The molecule has 4 nitrogen and oxygen atoms in total. The Balaban J connectivity index is 1.75. The van der Waals surface area contributed by atoms with Crippen LogP contribution in [0.3, 0.4) is 0 Å². The molecular formula is C13H12N4S2. The molecule has 0 spiro atoms. The standard InChI is InChI=1S/C13H12N4S2/c18-13(19-10-12-6-2-4-8-15-12)17-16-9-11-5-1-3-7-14-11/h1-9H,10H2,(H,17,18)/b16-9+. The van der Waals surface area contributed by atoms with Gasteiger partial charge < -0.3 is 0 Å². The van der Waals surface area contributed by atoms with Gasteiger partial charge in [0.2, 0.25) is 0 Å². The van der Waals surface area contributed by atoms with Gasteiger partial charge in [-0.2, -0.15) is 5.10 Å². The maximum atomic E-state index is 5.16. The Labute approximate surface area is 121 Å². The van der Waals surface area contributed by atoms with Gasteiger partial charge in [0.05, 0.1) is 17.6 Å². The summed E-state index contributed by atoms with van der Waals surface area (Å²) in [5.41, 5.74) is 4.57. The summed E-state index contributed by atoms with van der Waals surface area (Å²) in [6.45, 7) is 0. The van der Waals surface area contributed by atoms with E-state index in [0.717, 1.165) is 17.1 Å². The number of hydrogen-bond acceptors (Lipinski definition) is 5. The van der Waals surface area contributed by atoms with Crippen molar-refractivity contribution in [2.24, 2.45) is 5.10 Å². The molecular weight excluding hydrogens is 276 g/mol. The molecule has 6 heteroatoms. The summed E-state index contributed by atoms with van der Waals surface area (Å²) in [6.07, 6.45) is 5.12. The number of hydrogen-bond donors (Lipinski definition) is 1. The highest BCUT2D eigenvalue weighted by atomic mass is 32.2. The lowest BCUT2D eigenvalue weighted by Gasteiger charge is -2.01. The average molecular weight is 288 g/mol. The number of thioether (sulfide) groups is 1. The molecule has 0 amide bonds. The van der Waals surface area contributed by atoms with Crippen molar-refractivity contribution in [2.75, 3.05) is 0 Å². The van der Waals surface area contributed by atoms with Crippen molar-refractivity contribution in [3.05, 3.63) is 60.2 Å². The van der Waals surface area contributed by atoms with Gasteiger partial charge in [-0.15, -0.1) is 0 Å². The number of rotatable bonds is 4. The van der Waals surface area contributed by atoms with Gasteiger partial charge in [0, 0.05) is 18.1 Å². The van der Waals surface area contributed by atoms with Gasteiger partial charge in [0.25, 0.3) is 0 Å². The van der Waals surface area contributed by atoms with E-state index in [9.17, 15) is 0 Å². The lowest BCUT2D eigenvalue weighted by atomic mass is 10.4. The van der Waals surface area contributed by atoms with Gasteiger partial charge in [0.15, 0.2) is 4.32 Å². The molecule has 0 radical (unpaired) electrons. The topological polar surface area (TPSA) is 50.2 Å². The van der Waals surface area contributed by atoms with Gasteiger partial charge in [-0.25, -0.2) is 0 Å². The van der Waals surface area contributed by atoms with Crippen LogP contribution in [0.2, 0.25) is 0 Å². The van der Waals surface area contributed by atoms with Crippen LogP contribution >= 0.6 is 24.0 Å². The summed E-state index contributed by atoms with van der Waals surface area (Å²) in [4.78, 5) is 8.34. The molecule has 0 aliphatic rings. The second-order valence-corrected chi connectivity index (χ2v) is 5.17. The monoisotopic (exact) mass is 288 g/mol. The molecule has 1 N–H and O–H groups in total. The summed E-state index contributed by atoms with van der Waals surface area (Å²) in [5, 5.41) is 4.03. The van der Waals surface area contributed by atoms with Crippen molar-refractivity contribution in [1.29, 1.82) is 0 Å². The second-order valence-electron chi connectivity index (χ2n) is 3.52. The smallest absolute Gasteiger partial charge is 0.154 e. The zero-order valence-corrected chi connectivity index (χ0v) is 11.7. The van der Waals surface area contributed by atoms with E-state index in [1.54, 1.807) is 18.6 Å². The van der Waals surface area contributed by atoms with E-state index in [0.29, 0.717) is 4.32 Å². The van der Waals surface area contributed by atoms with Gasteiger partial charge in [-0.3, -0.25) is 15.4 Å². The molecule has 0 saturated carbocycles. The molecule has 96 valence electrons. The molecule has 0 fully saturated rings. The molecule has 0 aliphatic carbocycles. The molecule has 2 aromatic rings. The fraction of sp³-hybridized carbons (Fsp3) is 0.0769. The number of pyridine rings is 2. The maximum absolute atomic E-state index is 5.16. The van der Waals surface area contributed by atoms with Crippen LogP contribution in [0, 0.1) is 0 Å². The third-order valence-electron chi connectivity index (χ3n) is 2.12. The normalized spacial score (nSPS) is 10.5. The second kappa shape index (κ2) is 7.60. The predicted octanol–water partition coefficient (Wildman–Crippen LogP) is 2.62. The zero-order chi connectivity index (χ0) is 13.3. The molecule has 0 aromatic carbocycles. The maximum Gasteiger partial charge on any atom is 0.154 e.